The second-order valence-electron chi connectivity index (χ2n) is 1.91. The highest BCUT2D eigenvalue weighted by molar-refractivity contribution is 5.93. The highest BCUT2D eigenvalue weighted by Gasteiger charge is 2.11. The minimum absolute atomic E-state index is 0.141. The molecular formula is C5H6N4O2. The van der Waals surface area contributed by atoms with Gasteiger partial charge in [0.15, 0.2) is 0 Å². The van der Waals surface area contributed by atoms with E-state index >= 15 is 0 Å². The number of rotatable bonds is 1. The lowest BCUT2D eigenvalue weighted by Crippen LogP contribution is -2.20. The van der Waals surface area contributed by atoms with Gasteiger partial charge < -0.3 is 5.73 Å². The van der Waals surface area contributed by atoms with Crippen LogP contribution >= 0.6 is 0 Å². The average molecular weight is 154 g/mol. The standard InChI is InChI=1S/C5H6N4O2/c1-3(10)9-2-7-8-5(9)4(6)11/h2H,1H3,(H2,6,11). The van der Waals surface area contributed by atoms with E-state index in [-0.39, 0.29) is 11.7 Å². The second kappa shape index (κ2) is 2.49. The van der Waals surface area contributed by atoms with Crippen LogP contribution in [-0.4, -0.2) is 26.6 Å². The van der Waals surface area contributed by atoms with Gasteiger partial charge in [0, 0.05) is 6.92 Å². The molecule has 2 N–H and O–H groups in total. The van der Waals surface area contributed by atoms with E-state index in [1.165, 1.54) is 6.92 Å². The molecule has 58 valence electrons. The number of hydrogen-bond acceptors (Lipinski definition) is 4. The Bertz CT molecular complexity index is 275. The highest BCUT2D eigenvalue weighted by atomic mass is 16.2. The molecule has 0 bridgehead atoms. The van der Waals surface area contributed by atoms with Crippen LogP contribution in [0.2, 0.25) is 0 Å². The molecular weight excluding hydrogens is 148 g/mol. The third-order valence-electron chi connectivity index (χ3n) is 1.11. The Morgan fingerprint density at radius 2 is 2.27 bits per heavy atom. The predicted molar refractivity (Wildman–Crippen MR) is 34.8 cm³/mol. The monoisotopic (exact) mass is 154 g/mol. The molecule has 1 aromatic rings. The molecule has 11 heavy (non-hydrogen) atoms. The van der Waals surface area contributed by atoms with Crippen LogP contribution in [0.5, 0.6) is 0 Å². The average Bonchev–Trinajstić information content (AvgIpc) is 2.32. The summed E-state index contributed by atoms with van der Waals surface area (Å²) < 4.78 is 0.988. The summed E-state index contributed by atoms with van der Waals surface area (Å²) in [6.07, 6.45) is 1.14. The molecule has 0 aliphatic heterocycles. The summed E-state index contributed by atoms with van der Waals surface area (Å²) in [5.41, 5.74) is 4.88. The molecule has 1 aromatic heterocycles. The van der Waals surface area contributed by atoms with E-state index < -0.39 is 5.91 Å². The first-order valence-corrected chi connectivity index (χ1v) is 2.83. The second-order valence-corrected chi connectivity index (χ2v) is 1.91. The van der Waals surface area contributed by atoms with Gasteiger partial charge in [-0.15, -0.1) is 10.2 Å². The maximum absolute atomic E-state index is 10.7. The Morgan fingerprint density at radius 3 is 2.64 bits per heavy atom. The first-order chi connectivity index (χ1) is 5.13. The van der Waals surface area contributed by atoms with Crippen molar-refractivity contribution in [2.24, 2.45) is 5.73 Å². The molecule has 1 rings (SSSR count). The number of hydrogen-bond donors (Lipinski definition) is 1. The fourth-order valence-corrected chi connectivity index (χ4v) is 0.633. The first-order valence-electron chi connectivity index (χ1n) is 2.83. The van der Waals surface area contributed by atoms with Crippen LogP contribution in [-0.2, 0) is 0 Å². The third kappa shape index (κ3) is 1.23. The molecule has 0 aromatic carbocycles. The molecule has 0 aliphatic carbocycles. The maximum Gasteiger partial charge on any atom is 0.287 e. The molecule has 0 aliphatic rings. The van der Waals surface area contributed by atoms with Crippen molar-refractivity contribution in [1.82, 2.24) is 14.8 Å². The summed E-state index contributed by atoms with van der Waals surface area (Å²) in [5, 5.41) is 6.71. The number of nitrogens with zero attached hydrogens (tertiary/aromatic N) is 3. The van der Waals surface area contributed by atoms with Gasteiger partial charge in [-0.1, -0.05) is 0 Å². The summed E-state index contributed by atoms with van der Waals surface area (Å²) in [5.74, 6) is -1.25. The lowest BCUT2D eigenvalue weighted by Gasteiger charge is -1.94. The minimum Gasteiger partial charge on any atom is -0.363 e. The number of primary amides is 1. The molecule has 0 fully saturated rings. The Balaban J connectivity index is 3.16. The van der Waals surface area contributed by atoms with Crippen molar-refractivity contribution in [2.75, 3.05) is 0 Å². The van der Waals surface area contributed by atoms with Crippen LogP contribution in [0.3, 0.4) is 0 Å². The maximum atomic E-state index is 10.7. The summed E-state index contributed by atoms with van der Waals surface area (Å²) in [7, 11) is 0. The van der Waals surface area contributed by atoms with Crippen LogP contribution in [0, 0.1) is 0 Å². The van der Waals surface area contributed by atoms with Crippen molar-refractivity contribution < 1.29 is 9.59 Å². The molecule has 6 nitrogen and oxygen atoms in total. The molecule has 0 saturated carbocycles. The molecule has 0 spiro atoms. The van der Waals surface area contributed by atoms with Gasteiger partial charge in [0.1, 0.15) is 6.33 Å². The van der Waals surface area contributed by atoms with Gasteiger partial charge in [-0.2, -0.15) is 0 Å². The molecule has 0 atom stereocenters. The van der Waals surface area contributed by atoms with E-state index in [4.69, 9.17) is 5.73 Å². The van der Waals surface area contributed by atoms with Gasteiger partial charge >= 0.3 is 0 Å². The van der Waals surface area contributed by atoms with Gasteiger partial charge in [0.05, 0.1) is 0 Å². The predicted octanol–water partition coefficient (Wildman–Crippen LogP) is -0.963. The van der Waals surface area contributed by atoms with Crippen molar-refractivity contribution in [1.29, 1.82) is 0 Å². The zero-order chi connectivity index (χ0) is 8.43. The van der Waals surface area contributed by atoms with Crippen LogP contribution in [0.15, 0.2) is 6.33 Å². The van der Waals surface area contributed by atoms with E-state index in [0.29, 0.717) is 0 Å². The lowest BCUT2D eigenvalue weighted by molar-refractivity contribution is 0.0902. The quantitative estimate of drug-likeness (QED) is 0.563. The zero-order valence-corrected chi connectivity index (χ0v) is 5.81. The Morgan fingerprint density at radius 1 is 1.64 bits per heavy atom. The van der Waals surface area contributed by atoms with Gasteiger partial charge in [-0.05, 0) is 0 Å². The third-order valence-corrected chi connectivity index (χ3v) is 1.11. The number of aromatic nitrogens is 3. The molecule has 0 saturated heterocycles. The van der Waals surface area contributed by atoms with E-state index in [1.807, 2.05) is 0 Å². The summed E-state index contributed by atoms with van der Waals surface area (Å²) in [6.45, 7) is 1.29. The fraction of sp³-hybridized carbons (Fsp3) is 0.200. The Hall–Kier alpha value is -1.72. The molecule has 0 unspecified atom stereocenters. The molecule has 1 heterocycles. The van der Waals surface area contributed by atoms with Crippen LogP contribution < -0.4 is 5.73 Å². The number of nitrogens with two attached hydrogens (primary N) is 1. The van der Waals surface area contributed by atoms with Gasteiger partial charge in [-0.3, -0.25) is 9.59 Å². The Kier molecular flexibility index (Phi) is 1.67. The minimum atomic E-state index is -0.766. The van der Waals surface area contributed by atoms with Crippen molar-refractivity contribution in [3.8, 4) is 0 Å². The van der Waals surface area contributed by atoms with Gasteiger partial charge in [0.2, 0.25) is 11.7 Å². The fourth-order valence-electron chi connectivity index (χ4n) is 0.633. The van der Waals surface area contributed by atoms with E-state index in [1.54, 1.807) is 0 Å². The van der Waals surface area contributed by atoms with Crippen LogP contribution in [0.1, 0.15) is 22.3 Å². The highest BCUT2D eigenvalue weighted by Crippen LogP contribution is 1.92. The lowest BCUT2D eigenvalue weighted by atomic mass is 10.5. The number of carbonyl (C=O) groups is 2. The van der Waals surface area contributed by atoms with Crippen LogP contribution in [0.25, 0.3) is 0 Å². The number of amides is 1. The van der Waals surface area contributed by atoms with E-state index in [2.05, 4.69) is 10.2 Å². The Labute approximate surface area is 62.0 Å². The summed E-state index contributed by atoms with van der Waals surface area (Å²) in [4.78, 5) is 21.2. The SMILES string of the molecule is CC(=O)n1cnnc1C(N)=O. The van der Waals surface area contributed by atoms with E-state index in [0.717, 1.165) is 10.9 Å². The van der Waals surface area contributed by atoms with Crippen molar-refractivity contribution in [3.05, 3.63) is 12.2 Å². The summed E-state index contributed by atoms with van der Waals surface area (Å²) in [6, 6.07) is 0. The van der Waals surface area contributed by atoms with Gasteiger partial charge in [-0.25, -0.2) is 4.57 Å². The van der Waals surface area contributed by atoms with Crippen molar-refractivity contribution in [3.63, 3.8) is 0 Å². The molecule has 0 radical (unpaired) electrons. The first kappa shape index (κ1) is 7.39. The molecule has 6 heteroatoms. The van der Waals surface area contributed by atoms with Gasteiger partial charge in [0.25, 0.3) is 5.91 Å². The summed E-state index contributed by atoms with van der Waals surface area (Å²) >= 11 is 0. The topological polar surface area (TPSA) is 90.9 Å². The largest absolute Gasteiger partial charge is 0.363 e. The normalized spacial score (nSPS) is 9.55. The van der Waals surface area contributed by atoms with Crippen molar-refractivity contribution in [2.45, 2.75) is 6.92 Å². The van der Waals surface area contributed by atoms with Crippen LogP contribution in [0.4, 0.5) is 0 Å². The number of carbonyl (C=O) groups excluding carboxylic acids is 2. The smallest absolute Gasteiger partial charge is 0.287 e. The van der Waals surface area contributed by atoms with E-state index in [9.17, 15) is 9.59 Å². The molecule has 1 amide bonds. The van der Waals surface area contributed by atoms with Crippen molar-refractivity contribution >= 4 is 11.8 Å². The zero-order valence-electron chi connectivity index (χ0n) is 5.81.